The van der Waals surface area contributed by atoms with Crippen LogP contribution in [0.5, 0.6) is 17.2 Å². The summed E-state index contributed by atoms with van der Waals surface area (Å²) in [5.41, 5.74) is 3.79. The molecule has 0 saturated carbocycles. The van der Waals surface area contributed by atoms with Gasteiger partial charge in [-0.2, -0.15) is 5.10 Å². The second-order valence-electron chi connectivity index (χ2n) is 7.60. The number of esters is 1. The molecular weight excluding hydrogens is 524 g/mol. The molecule has 0 aliphatic carbocycles. The summed E-state index contributed by atoms with van der Waals surface area (Å²) in [7, 11) is 0. The molecule has 3 aromatic rings. The number of hydrazone groups is 1. The fourth-order valence-corrected chi connectivity index (χ4v) is 3.28. The maximum absolute atomic E-state index is 12.3. The van der Waals surface area contributed by atoms with Crippen molar-refractivity contribution in [3.05, 3.63) is 94.5 Å². The number of unbranched alkanes of at least 4 members (excludes halogenated alkanes) is 1. The lowest BCUT2D eigenvalue weighted by molar-refractivity contribution is -0.129. The molecule has 0 saturated heterocycles. The number of amides is 1. The predicted molar refractivity (Wildman–Crippen MR) is 143 cm³/mol. The lowest BCUT2D eigenvalue weighted by atomic mass is 10.2. The van der Waals surface area contributed by atoms with E-state index in [1.807, 2.05) is 30.3 Å². The first kappa shape index (κ1) is 26.7. The molecule has 3 rings (SSSR count). The van der Waals surface area contributed by atoms with Gasteiger partial charge in [0.2, 0.25) is 0 Å². The van der Waals surface area contributed by atoms with Gasteiger partial charge in [-0.1, -0.05) is 59.6 Å². The number of nitrogens with one attached hydrogen (secondary N) is 1. The lowest BCUT2D eigenvalue weighted by Gasteiger charge is -2.08. The first-order chi connectivity index (χ1) is 17.5. The van der Waals surface area contributed by atoms with Gasteiger partial charge in [-0.25, -0.2) is 10.2 Å². The predicted octanol–water partition coefficient (Wildman–Crippen LogP) is 5.78. The molecule has 0 unspecified atom stereocenters. The quantitative estimate of drug-likeness (QED) is 0.0771. The zero-order valence-corrected chi connectivity index (χ0v) is 21.4. The van der Waals surface area contributed by atoms with E-state index in [2.05, 4.69) is 33.4 Å². The van der Waals surface area contributed by atoms with E-state index in [9.17, 15) is 9.59 Å². The molecular formula is C28H27BrN2O5. The van der Waals surface area contributed by atoms with E-state index < -0.39 is 11.9 Å². The van der Waals surface area contributed by atoms with Crippen LogP contribution in [0.3, 0.4) is 0 Å². The van der Waals surface area contributed by atoms with Crippen LogP contribution < -0.4 is 19.6 Å². The first-order valence-electron chi connectivity index (χ1n) is 11.5. The van der Waals surface area contributed by atoms with Gasteiger partial charge in [0.15, 0.2) is 6.61 Å². The average Bonchev–Trinajstić information content (AvgIpc) is 2.89. The summed E-state index contributed by atoms with van der Waals surface area (Å²) in [5, 5.41) is 3.96. The topological polar surface area (TPSA) is 86.2 Å². The number of rotatable bonds is 12. The summed E-state index contributed by atoms with van der Waals surface area (Å²) in [6, 6.07) is 21.6. The summed E-state index contributed by atoms with van der Waals surface area (Å²) in [6.45, 7) is 2.56. The fraction of sp³-hybridized carbons (Fsp3) is 0.179. The van der Waals surface area contributed by atoms with Crippen LogP contribution in [0.1, 0.15) is 30.9 Å². The lowest BCUT2D eigenvalue weighted by Crippen LogP contribution is -2.24. The zero-order chi connectivity index (χ0) is 25.6. The molecule has 0 aromatic heterocycles. The van der Waals surface area contributed by atoms with Crippen LogP contribution >= 0.6 is 15.9 Å². The molecule has 0 fully saturated rings. The normalized spacial score (nSPS) is 10.9. The second-order valence-corrected chi connectivity index (χ2v) is 8.52. The first-order valence-corrected chi connectivity index (χ1v) is 12.2. The molecule has 0 radical (unpaired) electrons. The van der Waals surface area contributed by atoms with Gasteiger partial charge < -0.3 is 14.2 Å². The number of carbonyl (C=O) groups is 2. The van der Waals surface area contributed by atoms with Crippen molar-refractivity contribution in [2.24, 2.45) is 5.10 Å². The monoisotopic (exact) mass is 550 g/mol. The van der Waals surface area contributed by atoms with Crippen LogP contribution in [0.2, 0.25) is 0 Å². The van der Waals surface area contributed by atoms with E-state index in [0.29, 0.717) is 23.7 Å². The van der Waals surface area contributed by atoms with Crippen LogP contribution in [0.25, 0.3) is 6.08 Å². The third-order valence-electron chi connectivity index (χ3n) is 4.75. The molecule has 8 heteroatoms. The number of ether oxygens (including phenoxy) is 3. The highest BCUT2D eigenvalue weighted by Gasteiger charge is 2.08. The minimum atomic E-state index is -0.532. The largest absolute Gasteiger partial charge is 0.494 e. The molecule has 0 aliphatic rings. The van der Waals surface area contributed by atoms with Crippen molar-refractivity contribution in [2.75, 3.05) is 13.2 Å². The van der Waals surface area contributed by atoms with Crippen molar-refractivity contribution < 1.29 is 23.8 Å². The van der Waals surface area contributed by atoms with E-state index in [0.717, 1.165) is 28.6 Å². The Labute approximate surface area is 218 Å². The van der Waals surface area contributed by atoms with Crippen molar-refractivity contribution in [1.29, 1.82) is 0 Å². The minimum Gasteiger partial charge on any atom is -0.494 e. The van der Waals surface area contributed by atoms with Gasteiger partial charge in [0.05, 0.1) is 12.8 Å². The van der Waals surface area contributed by atoms with Crippen LogP contribution in [-0.4, -0.2) is 31.3 Å². The number of nitrogens with zero attached hydrogens (tertiary/aromatic N) is 1. The van der Waals surface area contributed by atoms with Crippen molar-refractivity contribution in [1.82, 2.24) is 5.43 Å². The summed E-state index contributed by atoms with van der Waals surface area (Å²) in [5.74, 6) is 0.632. The Morgan fingerprint density at radius 2 is 1.69 bits per heavy atom. The third kappa shape index (κ3) is 9.38. The number of halogens is 1. The fourth-order valence-electron chi connectivity index (χ4n) is 2.91. The molecule has 3 aromatic carbocycles. The number of hydrogen-bond acceptors (Lipinski definition) is 6. The highest BCUT2D eigenvalue weighted by molar-refractivity contribution is 9.10. The van der Waals surface area contributed by atoms with Crippen molar-refractivity contribution >= 4 is 40.1 Å². The van der Waals surface area contributed by atoms with Gasteiger partial charge in [0.25, 0.3) is 5.91 Å². The smallest absolute Gasteiger partial charge is 0.336 e. The van der Waals surface area contributed by atoms with E-state index in [1.165, 1.54) is 12.3 Å². The van der Waals surface area contributed by atoms with Crippen molar-refractivity contribution in [3.63, 3.8) is 0 Å². The van der Waals surface area contributed by atoms with E-state index >= 15 is 0 Å². The third-order valence-corrected chi connectivity index (χ3v) is 5.24. The SMILES string of the molecule is CCCCOc1ccc(OCC(=O)N/N=C/c2cc(Br)ccc2OC(=O)/C=C/c2ccccc2)cc1. The average molecular weight is 551 g/mol. The van der Waals surface area contributed by atoms with Gasteiger partial charge >= 0.3 is 5.97 Å². The zero-order valence-electron chi connectivity index (χ0n) is 19.9. The second kappa shape index (κ2) is 14.5. The molecule has 36 heavy (non-hydrogen) atoms. The van der Waals surface area contributed by atoms with Crippen molar-refractivity contribution in [3.8, 4) is 17.2 Å². The molecule has 0 heterocycles. The maximum atomic E-state index is 12.3. The van der Waals surface area contributed by atoms with Gasteiger partial charge in [-0.3, -0.25) is 4.79 Å². The Hall–Kier alpha value is -3.91. The van der Waals surface area contributed by atoms with Crippen LogP contribution in [0, 0.1) is 0 Å². The Bertz CT molecular complexity index is 1190. The molecule has 0 bridgehead atoms. The number of carbonyl (C=O) groups excluding carboxylic acids is 2. The molecule has 0 aliphatic heterocycles. The Morgan fingerprint density at radius 3 is 2.42 bits per heavy atom. The van der Waals surface area contributed by atoms with Crippen LogP contribution in [0.4, 0.5) is 0 Å². The van der Waals surface area contributed by atoms with Crippen LogP contribution in [-0.2, 0) is 9.59 Å². The Morgan fingerprint density at radius 1 is 0.972 bits per heavy atom. The Kier molecular flexibility index (Phi) is 10.7. The highest BCUT2D eigenvalue weighted by Crippen LogP contribution is 2.22. The summed E-state index contributed by atoms with van der Waals surface area (Å²) >= 11 is 3.39. The highest BCUT2D eigenvalue weighted by atomic mass is 79.9. The van der Waals surface area contributed by atoms with Crippen LogP contribution in [0.15, 0.2) is 88.4 Å². The molecule has 0 spiro atoms. The molecule has 1 amide bonds. The molecule has 1 N–H and O–H groups in total. The maximum Gasteiger partial charge on any atom is 0.336 e. The number of hydrogen-bond donors (Lipinski definition) is 1. The van der Waals surface area contributed by atoms with E-state index in [4.69, 9.17) is 14.2 Å². The molecule has 186 valence electrons. The Balaban J connectivity index is 1.50. The number of benzene rings is 3. The van der Waals surface area contributed by atoms with Gasteiger partial charge in [0.1, 0.15) is 17.2 Å². The molecule has 7 nitrogen and oxygen atoms in total. The van der Waals surface area contributed by atoms with E-state index in [-0.39, 0.29) is 6.61 Å². The van der Waals surface area contributed by atoms with Gasteiger partial charge in [-0.05, 0) is 60.5 Å². The minimum absolute atomic E-state index is 0.210. The standard InChI is InChI=1S/C28H27BrN2O5/c1-2-3-17-34-24-11-13-25(14-12-24)35-20-27(32)31-30-19-22-18-23(29)10-15-26(22)36-28(33)16-9-21-7-5-4-6-8-21/h4-16,18-19H,2-3,17,20H2,1H3,(H,31,32)/b16-9+,30-19+. The summed E-state index contributed by atoms with van der Waals surface area (Å²) < 4.78 is 17.3. The summed E-state index contributed by atoms with van der Waals surface area (Å²) in [6.07, 6.45) is 6.48. The van der Waals surface area contributed by atoms with Gasteiger partial charge in [0, 0.05) is 16.1 Å². The molecule has 0 atom stereocenters. The van der Waals surface area contributed by atoms with E-state index in [1.54, 1.807) is 48.5 Å². The van der Waals surface area contributed by atoms with Crippen molar-refractivity contribution in [2.45, 2.75) is 19.8 Å². The van der Waals surface area contributed by atoms with Gasteiger partial charge in [-0.15, -0.1) is 0 Å². The summed E-state index contributed by atoms with van der Waals surface area (Å²) in [4.78, 5) is 24.4.